The first-order valence-electron chi connectivity index (χ1n) is 2.41. The van der Waals surface area contributed by atoms with E-state index in [1.54, 1.807) is 0 Å². The van der Waals surface area contributed by atoms with Crippen molar-refractivity contribution in [3.63, 3.8) is 0 Å². The molecule has 0 atom stereocenters. The zero-order valence-electron chi connectivity index (χ0n) is 5.18. The van der Waals surface area contributed by atoms with E-state index in [0.717, 1.165) is 6.54 Å². The monoisotopic (exact) mass is 132 g/mol. The minimum Gasteiger partial charge on any atom is -0.519 e. The highest BCUT2D eigenvalue weighted by atomic mass is 28.2. The average Bonchev–Trinajstić information content (AvgIpc) is 1.66. The molecule has 0 fully saturated rings. The van der Waals surface area contributed by atoms with E-state index in [0.29, 0.717) is 6.61 Å². The molecule has 47 valence electrons. The first-order valence-corrected chi connectivity index (χ1v) is 3.22. The van der Waals surface area contributed by atoms with Crippen molar-refractivity contribution in [2.75, 3.05) is 27.2 Å². The fraction of sp³-hybridized carbons (Fsp3) is 1.00. The summed E-state index contributed by atoms with van der Waals surface area (Å²) in [5.41, 5.74) is 0. The second kappa shape index (κ2) is 4.92. The third-order valence-electron chi connectivity index (χ3n) is 0.699. The molecule has 0 saturated heterocycles. The van der Waals surface area contributed by atoms with Gasteiger partial charge in [0.2, 0.25) is 0 Å². The Labute approximate surface area is 51.6 Å². The molecule has 3 nitrogen and oxygen atoms in total. The molecular weight excluding hydrogens is 122 g/mol. The average molecular weight is 132 g/mol. The summed E-state index contributed by atoms with van der Waals surface area (Å²) < 4.78 is 14.3. The van der Waals surface area contributed by atoms with Gasteiger partial charge in [0.1, 0.15) is 0 Å². The van der Waals surface area contributed by atoms with Crippen molar-refractivity contribution in [2.24, 2.45) is 0 Å². The molecule has 0 rings (SSSR count). The third-order valence-corrected chi connectivity index (χ3v) is 1.02. The van der Waals surface area contributed by atoms with Gasteiger partial charge in [0, 0.05) is 6.54 Å². The third kappa shape index (κ3) is 5.78. The van der Waals surface area contributed by atoms with E-state index < -0.39 is 9.65 Å². The molecule has 0 saturated carbocycles. The lowest BCUT2D eigenvalue weighted by molar-refractivity contribution is 0.258. The van der Waals surface area contributed by atoms with Crippen LogP contribution < -0.4 is 0 Å². The molecule has 0 heterocycles. The van der Waals surface area contributed by atoms with Crippen molar-refractivity contribution >= 4 is 9.65 Å². The van der Waals surface area contributed by atoms with Gasteiger partial charge in [-0.25, -0.2) is 0 Å². The Morgan fingerprint density at radius 1 is 1.62 bits per heavy atom. The lowest BCUT2D eigenvalue weighted by atomic mass is 10.6. The summed E-state index contributed by atoms with van der Waals surface area (Å²) in [6.07, 6.45) is 0. The summed E-state index contributed by atoms with van der Waals surface area (Å²) in [4.78, 5) is 1.97. The van der Waals surface area contributed by atoms with Crippen LogP contribution >= 0.6 is 0 Å². The highest BCUT2D eigenvalue weighted by Gasteiger charge is 1.87. The summed E-state index contributed by atoms with van der Waals surface area (Å²) in [5, 5.41) is 0. The highest BCUT2D eigenvalue weighted by molar-refractivity contribution is 6.06. The lowest BCUT2D eigenvalue weighted by Gasteiger charge is -2.06. The van der Waals surface area contributed by atoms with Gasteiger partial charge in [0.25, 0.3) is 0 Å². The molecule has 0 amide bonds. The molecule has 0 aliphatic carbocycles. The molecule has 0 aliphatic heterocycles. The highest BCUT2D eigenvalue weighted by Crippen LogP contribution is 1.72. The van der Waals surface area contributed by atoms with Crippen molar-refractivity contribution in [1.82, 2.24) is 4.90 Å². The predicted molar refractivity (Wildman–Crippen MR) is 30.9 cm³/mol. The van der Waals surface area contributed by atoms with Gasteiger partial charge >= 0.3 is 9.65 Å². The van der Waals surface area contributed by atoms with Crippen LogP contribution in [0.5, 0.6) is 0 Å². The topological polar surface area (TPSA) is 29.5 Å². The van der Waals surface area contributed by atoms with Crippen LogP contribution in [0.2, 0.25) is 0 Å². The maximum Gasteiger partial charge on any atom is 0.594 e. The van der Waals surface area contributed by atoms with E-state index in [1.165, 1.54) is 0 Å². The van der Waals surface area contributed by atoms with Gasteiger partial charge in [-0.3, -0.25) is 0 Å². The minimum absolute atomic E-state index is 0.551. The Morgan fingerprint density at radius 2 is 2.25 bits per heavy atom. The second-order valence-corrected chi connectivity index (χ2v) is 2.19. The number of rotatable bonds is 4. The predicted octanol–water partition coefficient (Wildman–Crippen LogP) is -0.471. The Kier molecular flexibility index (Phi) is 4.79. The molecule has 0 aromatic carbocycles. The van der Waals surface area contributed by atoms with Crippen molar-refractivity contribution in [3.05, 3.63) is 0 Å². The normalized spacial score (nSPS) is 9.38. The van der Waals surface area contributed by atoms with Gasteiger partial charge in [-0.05, 0) is 14.1 Å². The molecular formula is C4H10NO2Si. The molecule has 0 aromatic heterocycles. The second-order valence-electron chi connectivity index (χ2n) is 1.74. The minimum atomic E-state index is -0.619. The summed E-state index contributed by atoms with van der Waals surface area (Å²) in [7, 11) is 3.26. The molecule has 0 aliphatic rings. The van der Waals surface area contributed by atoms with E-state index in [2.05, 4.69) is 4.43 Å². The van der Waals surface area contributed by atoms with E-state index in [4.69, 9.17) is 0 Å². The van der Waals surface area contributed by atoms with Crippen LogP contribution in [-0.2, 0) is 8.89 Å². The Hall–Kier alpha value is -0.223. The molecule has 0 unspecified atom stereocenters. The maximum atomic E-state index is 9.70. The maximum absolute atomic E-state index is 9.70. The van der Waals surface area contributed by atoms with Gasteiger partial charge in [0.15, 0.2) is 0 Å². The van der Waals surface area contributed by atoms with Crippen molar-refractivity contribution in [1.29, 1.82) is 0 Å². The molecule has 0 aromatic rings. The number of likely N-dealkylation sites (N-methyl/N-ethyl adjacent to an activating group) is 1. The zero-order valence-corrected chi connectivity index (χ0v) is 6.18. The van der Waals surface area contributed by atoms with Gasteiger partial charge in [0.05, 0.1) is 6.61 Å². The fourth-order valence-corrected chi connectivity index (χ4v) is 0.445. The summed E-state index contributed by atoms with van der Waals surface area (Å²) >= 11 is 0. The van der Waals surface area contributed by atoms with Crippen LogP contribution in [0.1, 0.15) is 0 Å². The largest absolute Gasteiger partial charge is 0.594 e. The van der Waals surface area contributed by atoms with Crippen LogP contribution in [0, 0.1) is 0 Å². The van der Waals surface area contributed by atoms with Gasteiger partial charge in [-0.15, -0.1) is 0 Å². The quantitative estimate of drug-likeness (QED) is 0.382. The van der Waals surface area contributed by atoms with E-state index in [-0.39, 0.29) is 0 Å². The van der Waals surface area contributed by atoms with E-state index in [9.17, 15) is 4.46 Å². The van der Waals surface area contributed by atoms with E-state index >= 15 is 0 Å². The van der Waals surface area contributed by atoms with Crippen LogP contribution in [-0.4, -0.2) is 41.8 Å². The molecule has 1 radical (unpaired) electrons. The summed E-state index contributed by atoms with van der Waals surface area (Å²) in [5.74, 6) is 0. The summed E-state index contributed by atoms with van der Waals surface area (Å²) in [6.45, 7) is 1.38. The standard InChI is InChI=1S/C4H10NO2Si/c1-5(2)3-4-7-8-6/h3-4H2,1-2H3. The molecule has 0 bridgehead atoms. The Bertz CT molecular complexity index is 67.1. The zero-order chi connectivity index (χ0) is 6.41. The first-order chi connectivity index (χ1) is 3.77. The van der Waals surface area contributed by atoms with Gasteiger partial charge < -0.3 is 13.8 Å². The summed E-state index contributed by atoms with van der Waals surface area (Å²) in [6, 6.07) is 0. The first kappa shape index (κ1) is 7.78. The van der Waals surface area contributed by atoms with Crippen molar-refractivity contribution < 1.29 is 8.89 Å². The van der Waals surface area contributed by atoms with E-state index in [1.807, 2.05) is 19.0 Å². The SMILES string of the molecule is CN(C)CCO[Si]=O. The number of hydrogen-bond donors (Lipinski definition) is 0. The van der Waals surface area contributed by atoms with Crippen LogP contribution in [0.3, 0.4) is 0 Å². The Balaban J connectivity index is 2.81. The fourth-order valence-electron chi connectivity index (χ4n) is 0.270. The van der Waals surface area contributed by atoms with Crippen LogP contribution in [0.25, 0.3) is 0 Å². The number of nitrogens with zero attached hydrogens (tertiary/aromatic N) is 1. The van der Waals surface area contributed by atoms with Crippen molar-refractivity contribution in [3.8, 4) is 0 Å². The van der Waals surface area contributed by atoms with Gasteiger partial charge in [-0.2, -0.15) is 0 Å². The molecule has 0 spiro atoms. The van der Waals surface area contributed by atoms with Crippen molar-refractivity contribution in [2.45, 2.75) is 0 Å². The molecule has 8 heavy (non-hydrogen) atoms. The molecule has 0 N–H and O–H groups in total. The van der Waals surface area contributed by atoms with Crippen LogP contribution in [0.4, 0.5) is 0 Å². The number of hydrogen-bond acceptors (Lipinski definition) is 3. The Morgan fingerprint density at radius 3 is 2.62 bits per heavy atom. The molecule has 4 heteroatoms. The lowest BCUT2D eigenvalue weighted by Crippen LogP contribution is -2.17. The van der Waals surface area contributed by atoms with Gasteiger partial charge in [-0.1, -0.05) is 0 Å². The van der Waals surface area contributed by atoms with Crippen LogP contribution in [0.15, 0.2) is 0 Å². The smallest absolute Gasteiger partial charge is 0.519 e.